The van der Waals surface area contributed by atoms with E-state index in [-0.39, 0.29) is 24.5 Å². The fourth-order valence-electron chi connectivity index (χ4n) is 3.39. The summed E-state index contributed by atoms with van der Waals surface area (Å²) >= 11 is 0. The van der Waals surface area contributed by atoms with Gasteiger partial charge in [0.05, 0.1) is 6.61 Å². The van der Waals surface area contributed by atoms with E-state index in [0.717, 1.165) is 16.0 Å². The summed E-state index contributed by atoms with van der Waals surface area (Å²) in [5.74, 6) is -2.17. The van der Waals surface area contributed by atoms with Crippen LogP contribution in [-0.4, -0.2) is 57.8 Å². The highest BCUT2D eigenvalue weighted by atomic mass is 16.5. The highest BCUT2D eigenvalue weighted by Gasteiger charge is 2.31. The first kappa shape index (κ1) is 23.7. The number of carboxylic acid groups (broad SMARTS) is 1. The van der Waals surface area contributed by atoms with Gasteiger partial charge in [-0.1, -0.05) is 31.2 Å². The molecule has 0 heterocycles. The van der Waals surface area contributed by atoms with Crippen LogP contribution in [0.25, 0.3) is 0 Å². The number of esters is 1. The fourth-order valence-corrected chi connectivity index (χ4v) is 3.39. The molecule has 2 rings (SSSR count). The van der Waals surface area contributed by atoms with Crippen LogP contribution in [0.1, 0.15) is 37.8 Å². The maximum absolute atomic E-state index is 12.8. The first-order valence-electron chi connectivity index (χ1n) is 9.90. The predicted octanol–water partition coefficient (Wildman–Crippen LogP) is 2.66. The third-order valence-electron chi connectivity index (χ3n) is 5.15. The molecule has 31 heavy (non-hydrogen) atoms. The summed E-state index contributed by atoms with van der Waals surface area (Å²) in [4.78, 5) is 36.7. The maximum atomic E-state index is 12.8. The Labute approximate surface area is 180 Å². The minimum absolute atomic E-state index is 0.0229. The first-order valence-corrected chi connectivity index (χ1v) is 9.90. The quantitative estimate of drug-likeness (QED) is 0.496. The molecule has 0 aliphatic rings. The zero-order valence-corrected chi connectivity index (χ0v) is 17.6. The number of aromatic hydroxyl groups is 2. The second kappa shape index (κ2) is 10.5. The second-order valence-electron chi connectivity index (χ2n) is 7.37. The molecule has 0 fully saturated rings. The minimum Gasteiger partial charge on any atom is -0.508 e. The van der Waals surface area contributed by atoms with Gasteiger partial charge in [0.15, 0.2) is 0 Å². The van der Waals surface area contributed by atoms with E-state index in [1.165, 1.54) is 0 Å². The smallest absolute Gasteiger partial charge is 0.325 e. The molecule has 0 saturated heterocycles. The van der Waals surface area contributed by atoms with Gasteiger partial charge in [0.1, 0.15) is 24.6 Å². The van der Waals surface area contributed by atoms with Crippen LogP contribution in [0.5, 0.6) is 11.5 Å². The van der Waals surface area contributed by atoms with Crippen molar-refractivity contribution in [2.75, 3.05) is 19.7 Å². The van der Waals surface area contributed by atoms with Crippen LogP contribution in [-0.2, 0) is 24.5 Å². The number of phenols is 2. The molecule has 0 atom stereocenters. The molecular weight excluding hydrogens is 402 g/mol. The zero-order chi connectivity index (χ0) is 23.0. The largest absolute Gasteiger partial charge is 0.508 e. The van der Waals surface area contributed by atoms with Crippen molar-refractivity contribution in [1.29, 1.82) is 0 Å². The summed E-state index contributed by atoms with van der Waals surface area (Å²) < 4.78 is 4.84. The molecule has 0 aliphatic heterocycles. The molecular formula is C23H27NO7. The van der Waals surface area contributed by atoms with Gasteiger partial charge in [0, 0.05) is 11.8 Å². The van der Waals surface area contributed by atoms with E-state index in [4.69, 9.17) is 9.84 Å². The molecule has 166 valence electrons. The summed E-state index contributed by atoms with van der Waals surface area (Å²) in [5.41, 5.74) is 0.994. The highest BCUT2D eigenvalue weighted by molar-refractivity contribution is 5.85. The molecule has 0 saturated carbocycles. The third-order valence-corrected chi connectivity index (χ3v) is 5.15. The number of phenolic OH excluding ortho intramolecular Hbond substituents is 2. The summed E-state index contributed by atoms with van der Waals surface area (Å²) in [6, 6.07) is 13.2. The summed E-state index contributed by atoms with van der Waals surface area (Å²) in [5, 5.41) is 28.4. The van der Waals surface area contributed by atoms with Gasteiger partial charge in [0.2, 0.25) is 5.91 Å². The molecule has 2 aromatic rings. The van der Waals surface area contributed by atoms with Crippen LogP contribution in [0.4, 0.5) is 0 Å². The molecule has 8 nitrogen and oxygen atoms in total. The Hall–Kier alpha value is -3.55. The van der Waals surface area contributed by atoms with Gasteiger partial charge in [-0.2, -0.15) is 0 Å². The number of benzene rings is 2. The van der Waals surface area contributed by atoms with E-state index >= 15 is 0 Å². The van der Waals surface area contributed by atoms with Crippen molar-refractivity contribution < 1.29 is 34.4 Å². The van der Waals surface area contributed by atoms with Crippen molar-refractivity contribution in [2.45, 2.75) is 32.1 Å². The second-order valence-corrected chi connectivity index (χ2v) is 7.37. The summed E-state index contributed by atoms with van der Waals surface area (Å²) in [6.07, 6.45) is 0.283. The number of ether oxygens (including phenoxy) is 1. The lowest BCUT2D eigenvalue weighted by molar-refractivity contribution is -0.152. The molecule has 0 spiro atoms. The average Bonchev–Trinajstić information content (AvgIpc) is 2.72. The van der Waals surface area contributed by atoms with Crippen molar-refractivity contribution in [1.82, 2.24) is 4.90 Å². The van der Waals surface area contributed by atoms with Gasteiger partial charge in [-0.25, -0.2) is 0 Å². The number of carboxylic acids is 1. The minimum atomic E-state index is -1.22. The number of hydrogen-bond acceptors (Lipinski definition) is 6. The van der Waals surface area contributed by atoms with E-state index in [1.54, 1.807) is 55.5 Å². The van der Waals surface area contributed by atoms with Crippen LogP contribution >= 0.6 is 0 Å². The fraction of sp³-hybridized carbons (Fsp3) is 0.348. The standard InChI is InChI=1S/C23H27NO7/c1-3-31-22(30)15-24(14-21(28)29)20(27)12-13-23(2,16-4-8-18(25)9-5-16)17-6-10-19(26)11-7-17/h4-11,25-26H,3,12-15H2,1-2H3,(H,28,29). The lowest BCUT2D eigenvalue weighted by Gasteiger charge is -2.32. The molecule has 0 aromatic heterocycles. The van der Waals surface area contributed by atoms with Gasteiger partial charge in [0.25, 0.3) is 0 Å². The van der Waals surface area contributed by atoms with Crippen molar-refractivity contribution in [3.05, 3.63) is 59.7 Å². The van der Waals surface area contributed by atoms with Crippen LogP contribution in [0.3, 0.4) is 0 Å². The first-order chi connectivity index (χ1) is 14.7. The molecule has 0 bridgehead atoms. The number of hydrogen-bond donors (Lipinski definition) is 3. The normalized spacial score (nSPS) is 11.0. The molecule has 8 heteroatoms. The lowest BCUT2D eigenvalue weighted by atomic mass is 9.73. The Bertz CT molecular complexity index is 861. The topological polar surface area (TPSA) is 124 Å². The lowest BCUT2D eigenvalue weighted by Crippen LogP contribution is -2.40. The SMILES string of the molecule is CCOC(=O)CN(CC(=O)O)C(=O)CCC(C)(c1ccc(O)cc1)c1ccc(O)cc1. The number of carbonyl (C=O) groups is 3. The Morgan fingerprint density at radius 1 is 0.903 bits per heavy atom. The molecule has 0 aliphatic carbocycles. The summed E-state index contributed by atoms with van der Waals surface area (Å²) in [6.45, 7) is 2.64. The Kier molecular flexibility index (Phi) is 8.01. The van der Waals surface area contributed by atoms with E-state index in [1.807, 2.05) is 6.92 Å². The van der Waals surface area contributed by atoms with Crippen LogP contribution in [0.2, 0.25) is 0 Å². The molecule has 0 unspecified atom stereocenters. The molecule has 0 radical (unpaired) electrons. The van der Waals surface area contributed by atoms with Gasteiger partial charge < -0.3 is 25.0 Å². The van der Waals surface area contributed by atoms with Crippen LogP contribution in [0.15, 0.2) is 48.5 Å². The van der Waals surface area contributed by atoms with Gasteiger partial charge in [-0.15, -0.1) is 0 Å². The molecule has 1 amide bonds. The van der Waals surface area contributed by atoms with Gasteiger partial charge in [-0.05, 0) is 48.7 Å². The third kappa shape index (κ3) is 6.47. The Morgan fingerprint density at radius 3 is 1.81 bits per heavy atom. The zero-order valence-electron chi connectivity index (χ0n) is 17.6. The highest BCUT2D eigenvalue weighted by Crippen LogP contribution is 2.38. The van der Waals surface area contributed by atoms with Crippen molar-refractivity contribution in [2.24, 2.45) is 0 Å². The Morgan fingerprint density at radius 2 is 1.39 bits per heavy atom. The predicted molar refractivity (Wildman–Crippen MR) is 113 cm³/mol. The number of aliphatic carboxylic acids is 1. The molecule has 3 N–H and O–H groups in total. The maximum Gasteiger partial charge on any atom is 0.325 e. The Balaban J connectivity index is 2.28. The monoisotopic (exact) mass is 429 g/mol. The van der Waals surface area contributed by atoms with Crippen LogP contribution in [0, 0.1) is 0 Å². The van der Waals surface area contributed by atoms with Crippen LogP contribution < -0.4 is 0 Å². The average molecular weight is 429 g/mol. The van der Waals surface area contributed by atoms with Gasteiger partial charge >= 0.3 is 11.9 Å². The number of rotatable bonds is 10. The van der Waals surface area contributed by atoms with E-state index in [9.17, 15) is 24.6 Å². The van der Waals surface area contributed by atoms with Crippen molar-refractivity contribution >= 4 is 17.8 Å². The van der Waals surface area contributed by atoms with Gasteiger partial charge in [-0.3, -0.25) is 14.4 Å². The number of nitrogens with zero attached hydrogens (tertiary/aromatic N) is 1. The van der Waals surface area contributed by atoms with E-state index in [2.05, 4.69) is 0 Å². The summed E-state index contributed by atoms with van der Waals surface area (Å²) in [7, 11) is 0. The number of amides is 1. The van der Waals surface area contributed by atoms with Crippen molar-refractivity contribution in [3.63, 3.8) is 0 Å². The van der Waals surface area contributed by atoms with Crippen molar-refractivity contribution in [3.8, 4) is 11.5 Å². The van der Waals surface area contributed by atoms with E-state index < -0.39 is 36.4 Å². The van der Waals surface area contributed by atoms with E-state index in [0.29, 0.717) is 6.42 Å². The number of carbonyl (C=O) groups excluding carboxylic acids is 2. The molecule has 2 aromatic carbocycles.